The van der Waals surface area contributed by atoms with Gasteiger partial charge in [0.05, 0.1) is 18.1 Å². The molecule has 1 N–H and O–H groups in total. The van der Waals surface area contributed by atoms with E-state index in [1.54, 1.807) is 0 Å². The SMILES string of the molecule is CNC(C)c1ccc(OCCCC(C)(C)C#N)cc1. The molecular formula is C16H24N2O. The maximum atomic E-state index is 8.92. The molecular weight excluding hydrogens is 236 g/mol. The van der Waals surface area contributed by atoms with E-state index in [9.17, 15) is 0 Å². The van der Waals surface area contributed by atoms with E-state index >= 15 is 0 Å². The number of nitrogens with zero attached hydrogens (tertiary/aromatic N) is 1. The van der Waals surface area contributed by atoms with Crippen molar-refractivity contribution in [1.82, 2.24) is 5.32 Å². The molecule has 0 saturated carbocycles. The number of ether oxygens (including phenoxy) is 1. The normalized spacial score (nSPS) is 12.8. The van der Waals surface area contributed by atoms with E-state index in [1.165, 1.54) is 5.56 Å². The van der Waals surface area contributed by atoms with Crippen LogP contribution in [0, 0.1) is 16.7 Å². The van der Waals surface area contributed by atoms with Crippen LogP contribution in [0.5, 0.6) is 5.75 Å². The molecule has 1 aromatic carbocycles. The van der Waals surface area contributed by atoms with Crippen LogP contribution in [0.1, 0.15) is 45.2 Å². The molecule has 0 heterocycles. The minimum absolute atomic E-state index is 0.255. The predicted molar refractivity (Wildman–Crippen MR) is 78.0 cm³/mol. The smallest absolute Gasteiger partial charge is 0.119 e. The first-order valence-corrected chi connectivity index (χ1v) is 6.80. The minimum Gasteiger partial charge on any atom is -0.494 e. The van der Waals surface area contributed by atoms with Gasteiger partial charge >= 0.3 is 0 Å². The lowest BCUT2D eigenvalue weighted by Crippen LogP contribution is -2.12. The average molecular weight is 260 g/mol. The fourth-order valence-corrected chi connectivity index (χ4v) is 1.78. The quantitative estimate of drug-likeness (QED) is 0.761. The zero-order chi connectivity index (χ0) is 14.3. The highest BCUT2D eigenvalue weighted by Gasteiger charge is 2.15. The Morgan fingerprint density at radius 3 is 2.47 bits per heavy atom. The third-order valence-corrected chi connectivity index (χ3v) is 3.33. The van der Waals surface area contributed by atoms with Crippen LogP contribution in [0.2, 0.25) is 0 Å². The predicted octanol–water partition coefficient (Wildman–Crippen LogP) is 3.68. The molecule has 0 amide bonds. The Balaban J connectivity index is 2.37. The van der Waals surface area contributed by atoms with Crippen molar-refractivity contribution in [2.24, 2.45) is 5.41 Å². The summed E-state index contributed by atoms with van der Waals surface area (Å²) >= 11 is 0. The van der Waals surface area contributed by atoms with E-state index in [0.717, 1.165) is 18.6 Å². The average Bonchev–Trinajstić information content (AvgIpc) is 2.43. The summed E-state index contributed by atoms with van der Waals surface area (Å²) in [5.41, 5.74) is 0.996. The van der Waals surface area contributed by atoms with Crippen LogP contribution in [0.4, 0.5) is 0 Å². The third kappa shape index (κ3) is 5.32. The van der Waals surface area contributed by atoms with Crippen molar-refractivity contribution < 1.29 is 4.74 Å². The first kappa shape index (κ1) is 15.5. The fraction of sp³-hybridized carbons (Fsp3) is 0.562. The lowest BCUT2D eigenvalue weighted by molar-refractivity contribution is 0.284. The molecule has 104 valence electrons. The fourth-order valence-electron chi connectivity index (χ4n) is 1.78. The number of hydrogen-bond acceptors (Lipinski definition) is 3. The minimum atomic E-state index is -0.255. The van der Waals surface area contributed by atoms with Crippen molar-refractivity contribution in [3.05, 3.63) is 29.8 Å². The zero-order valence-corrected chi connectivity index (χ0v) is 12.4. The number of benzene rings is 1. The van der Waals surface area contributed by atoms with Crippen LogP contribution >= 0.6 is 0 Å². The molecule has 0 aliphatic rings. The molecule has 0 spiro atoms. The highest BCUT2D eigenvalue weighted by Crippen LogP contribution is 2.21. The lowest BCUT2D eigenvalue weighted by Gasteiger charge is -2.15. The third-order valence-electron chi connectivity index (χ3n) is 3.33. The molecule has 0 aliphatic carbocycles. The van der Waals surface area contributed by atoms with Crippen LogP contribution in [0.25, 0.3) is 0 Å². The summed E-state index contributed by atoms with van der Waals surface area (Å²) in [7, 11) is 1.95. The summed E-state index contributed by atoms with van der Waals surface area (Å²) in [6.45, 7) is 6.70. The second-order valence-corrected chi connectivity index (χ2v) is 5.53. The molecule has 0 aromatic heterocycles. The Labute approximate surface area is 116 Å². The second kappa shape index (κ2) is 7.16. The Bertz CT molecular complexity index is 417. The first-order valence-electron chi connectivity index (χ1n) is 6.80. The van der Waals surface area contributed by atoms with Gasteiger partial charge in [-0.25, -0.2) is 0 Å². The number of nitrogens with one attached hydrogen (secondary N) is 1. The van der Waals surface area contributed by atoms with E-state index in [0.29, 0.717) is 12.6 Å². The van der Waals surface area contributed by atoms with Crippen molar-refractivity contribution in [1.29, 1.82) is 5.26 Å². The molecule has 0 saturated heterocycles. The number of nitriles is 1. The second-order valence-electron chi connectivity index (χ2n) is 5.53. The van der Waals surface area contributed by atoms with E-state index in [2.05, 4.69) is 30.4 Å². The van der Waals surface area contributed by atoms with Gasteiger partial charge in [-0.1, -0.05) is 12.1 Å². The molecule has 0 aliphatic heterocycles. The van der Waals surface area contributed by atoms with Crippen molar-refractivity contribution in [2.75, 3.05) is 13.7 Å². The van der Waals surface area contributed by atoms with Gasteiger partial charge in [-0.3, -0.25) is 0 Å². The molecule has 1 aromatic rings. The van der Waals surface area contributed by atoms with Gasteiger partial charge < -0.3 is 10.1 Å². The Morgan fingerprint density at radius 2 is 1.95 bits per heavy atom. The Morgan fingerprint density at radius 1 is 1.32 bits per heavy atom. The van der Waals surface area contributed by atoms with Crippen molar-refractivity contribution in [3.8, 4) is 11.8 Å². The Kier molecular flexibility index (Phi) is 5.85. The van der Waals surface area contributed by atoms with Gasteiger partial charge in [-0.2, -0.15) is 5.26 Å². The van der Waals surface area contributed by atoms with Crippen LogP contribution in [0.15, 0.2) is 24.3 Å². The zero-order valence-electron chi connectivity index (χ0n) is 12.4. The topological polar surface area (TPSA) is 45.0 Å². The van der Waals surface area contributed by atoms with Gasteiger partial charge in [0.1, 0.15) is 5.75 Å². The summed E-state index contributed by atoms with van der Waals surface area (Å²) in [5.74, 6) is 0.891. The van der Waals surface area contributed by atoms with E-state index in [-0.39, 0.29) is 5.41 Å². The first-order chi connectivity index (χ1) is 8.98. The largest absolute Gasteiger partial charge is 0.494 e. The maximum absolute atomic E-state index is 8.92. The molecule has 1 unspecified atom stereocenters. The van der Waals surface area contributed by atoms with Gasteiger partial charge in [0.15, 0.2) is 0 Å². The number of rotatable bonds is 7. The lowest BCUT2D eigenvalue weighted by atomic mass is 9.90. The van der Waals surface area contributed by atoms with Crippen LogP contribution in [-0.2, 0) is 0 Å². The van der Waals surface area contributed by atoms with E-state index in [4.69, 9.17) is 10.00 Å². The molecule has 3 nitrogen and oxygen atoms in total. The highest BCUT2D eigenvalue weighted by molar-refractivity contribution is 5.28. The summed E-state index contributed by atoms with van der Waals surface area (Å²) < 4.78 is 5.68. The summed E-state index contributed by atoms with van der Waals surface area (Å²) in [6, 6.07) is 10.8. The van der Waals surface area contributed by atoms with Crippen LogP contribution in [0.3, 0.4) is 0 Å². The van der Waals surface area contributed by atoms with Crippen molar-refractivity contribution in [2.45, 2.75) is 39.7 Å². The molecule has 3 heteroatoms. The van der Waals surface area contributed by atoms with E-state index < -0.39 is 0 Å². The van der Waals surface area contributed by atoms with Crippen LogP contribution in [-0.4, -0.2) is 13.7 Å². The maximum Gasteiger partial charge on any atom is 0.119 e. The van der Waals surface area contributed by atoms with Crippen molar-refractivity contribution in [3.63, 3.8) is 0 Å². The monoisotopic (exact) mass is 260 g/mol. The van der Waals surface area contributed by atoms with Gasteiger partial charge in [-0.05, 0) is 58.4 Å². The molecule has 1 atom stereocenters. The standard InChI is InChI=1S/C16H24N2O/c1-13(18-4)14-6-8-15(9-7-14)19-11-5-10-16(2,3)12-17/h6-9,13,18H,5,10-11H2,1-4H3. The van der Waals surface area contributed by atoms with Gasteiger partial charge in [0.2, 0.25) is 0 Å². The molecule has 19 heavy (non-hydrogen) atoms. The Hall–Kier alpha value is -1.53. The summed E-state index contributed by atoms with van der Waals surface area (Å²) in [4.78, 5) is 0. The van der Waals surface area contributed by atoms with Gasteiger partial charge in [-0.15, -0.1) is 0 Å². The van der Waals surface area contributed by atoms with Gasteiger partial charge in [0.25, 0.3) is 0 Å². The summed E-state index contributed by atoms with van der Waals surface area (Å²) in [5, 5.41) is 12.1. The molecule has 0 fully saturated rings. The van der Waals surface area contributed by atoms with Crippen molar-refractivity contribution >= 4 is 0 Å². The molecule has 0 radical (unpaired) electrons. The highest BCUT2D eigenvalue weighted by atomic mass is 16.5. The number of hydrogen-bond donors (Lipinski definition) is 1. The van der Waals surface area contributed by atoms with Gasteiger partial charge in [0, 0.05) is 6.04 Å². The molecule has 0 bridgehead atoms. The molecule has 1 rings (SSSR count). The summed E-state index contributed by atoms with van der Waals surface area (Å²) in [6.07, 6.45) is 1.76. The van der Waals surface area contributed by atoms with Crippen LogP contribution < -0.4 is 10.1 Å². The van der Waals surface area contributed by atoms with E-state index in [1.807, 2.05) is 33.0 Å².